The number of carbonyl (C=O) groups excluding carboxylic acids is 2. The largest absolute Gasteiger partial charge is 0.464 e. The number of aliphatic hydroxyl groups is 1. The fourth-order valence-corrected chi connectivity index (χ4v) is 4.92. The van der Waals surface area contributed by atoms with Gasteiger partial charge in [0.2, 0.25) is 0 Å². The molecule has 2 atom stereocenters. The van der Waals surface area contributed by atoms with E-state index >= 15 is 0 Å². The van der Waals surface area contributed by atoms with Crippen LogP contribution < -0.4 is 10.6 Å². The first kappa shape index (κ1) is 26.6. The maximum atomic E-state index is 13.1. The van der Waals surface area contributed by atoms with Gasteiger partial charge in [-0.15, -0.1) is 0 Å². The number of esters is 1. The molecule has 198 valence electrons. The minimum atomic E-state index is -0.830. The zero-order valence-corrected chi connectivity index (χ0v) is 21.9. The van der Waals surface area contributed by atoms with Gasteiger partial charge in [0.05, 0.1) is 30.3 Å². The maximum absolute atomic E-state index is 13.1. The molecular formula is C28H36N4O5. The molecule has 1 aliphatic heterocycles. The lowest BCUT2D eigenvalue weighted by molar-refractivity contribution is -0.124. The van der Waals surface area contributed by atoms with E-state index in [-0.39, 0.29) is 17.6 Å². The third-order valence-corrected chi connectivity index (χ3v) is 6.43. The number of fused-ring (bicyclic) bond motifs is 1. The second kappa shape index (κ2) is 11.3. The molecule has 1 amide bonds. The van der Waals surface area contributed by atoms with E-state index in [4.69, 9.17) is 14.5 Å². The second-order valence-electron chi connectivity index (χ2n) is 10.3. The number of hydrogen-bond donors (Lipinski definition) is 3. The van der Waals surface area contributed by atoms with Gasteiger partial charge in [-0.1, -0.05) is 30.3 Å². The molecule has 0 aliphatic carbocycles. The number of nitrogens with zero attached hydrogens (tertiary/aromatic N) is 2. The first-order chi connectivity index (χ1) is 17.7. The van der Waals surface area contributed by atoms with Crippen LogP contribution in [-0.2, 0) is 27.2 Å². The van der Waals surface area contributed by atoms with Gasteiger partial charge in [-0.2, -0.15) is 0 Å². The first-order valence-corrected chi connectivity index (χ1v) is 12.7. The number of pyridine rings is 1. The summed E-state index contributed by atoms with van der Waals surface area (Å²) in [5, 5.41) is 17.1. The molecule has 1 fully saturated rings. The van der Waals surface area contributed by atoms with Gasteiger partial charge in [-0.3, -0.25) is 4.79 Å². The Balaban J connectivity index is 1.76. The highest BCUT2D eigenvalue weighted by molar-refractivity contribution is 6.12. The molecule has 1 aliphatic rings. The Morgan fingerprint density at radius 2 is 2.05 bits per heavy atom. The number of methoxy groups -OCH3 is 1. The Kier molecular flexibility index (Phi) is 8.14. The third-order valence-electron chi connectivity index (χ3n) is 6.43. The zero-order chi connectivity index (χ0) is 26.6. The number of aryl methyl sites for hydroxylation is 2. The fourth-order valence-electron chi connectivity index (χ4n) is 4.92. The molecule has 1 aromatic carbocycles. The van der Waals surface area contributed by atoms with Crippen molar-refractivity contribution in [2.24, 2.45) is 0 Å². The van der Waals surface area contributed by atoms with E-state index in [2.05, 4.69) is 10.6 Å². The molecule has 9 nitrogen and oxygen atoms in total. The summed E-state index contributed by atoms with van der Waals surface area (Å²) in [5.41, 5.74) is 2.18. The summed E-state index contributed by atoms with van der Waals surface area (Å²) in [6, 6.07) is 11.8. The van der Waals surface area contributed by atoms with Crippen molar-refractivity contribution < 1.29 is 24.2 Å². The van der Waals surface area contributed by atoms with E-state index < -0.39 is 17.7 Å². The summed E-state index contributed by atoms with van der Waals surface area (Å²) in [6.45, 7) is 6.51. The number of hydrogen-bond acceptors (Lipinski definition) is 7. The number of benzene rings is 1. The van der Waals surface area contributed by atoms with E-state index in [1.54, 1.807) is 20.0 Å². The van der Waals surface area contributed by atoms with Gasteiger partial charge >= 0.3 is 5.97 Å². The van der Waals surface area contributed by atoms with Crippen LogP contribution in [0.25, 0.3) is 11.0 Å². The second-order valence-corrected chi connectivity index (χ2v) is 10.3. The molecule has 0 radical (unpaired) electrons. The summed E-state index contributed by atoms with van der Waals surface area (Å²) in [5.74, 6) is -0.850. The van der Waals surface area contributed by atoms with Crippen LogP contribution in [0.15, 0.2) is 42.6 Å². The summed E-state index contributed by atoms with van der Waals surface area (Å²) in [4.78, 5) is 30.8. The average Bonchev–Trinajstić information content (AvgIpc) is 3.49. The maximum Gasteiger partial charge on any atom is 0.356 e. The number of aromatic nitrogens is 2. The monoisotopic (exact) mass is 508 g/mol. The Morgan fingerprint density at radius 1 is 1.30 bits per heavy atom. The van der Waals surface area contributed by atoms with Crippen LogP contribution >= 0.6 is 0 Å². The highest BCUT2D eigenvalue weighted by atomic mass is 16.5. The van der Waals surface area contributed by atoms with Gasteiger partial charge < -0.3 is 29.8 Å². The SMILES string of the molecule is COC(=O)c1c(NC(=O)[C@@H]2CCCO2)c2cc(N[C@H](C)CC(C)(C)O)cnc2n1CCc1ccccc1. The number of anilines is 2. The van der Waals surface area contributed by atoms with Crippen molar-refractivity contribution in [3.63, 3.8) is 0 Å². The molecule has 1 saturated heterocycles. The van der Waals surface area contributed by atoms with Crippen LogP contribution in [0.3, 0.4) is 0 Å². The number of amides is 1. The number of nitrogens with one attached hydrogen (secondary N) is 2. The van der Waals surface area contributed by atoms with Crippen LogP contribution in [0.2, 0.25) is 0 Å². The van der Waals surface area contributed by atoms with E-state index in [0.29, 0.717) is 54.8 Å². The molecule has 0 unspecified atom stereocenters. The smallest absolute Gasteiger partial charge is 0.356 e. The molecule has 3 N–H and O–H groups in total. The number of ether oxygens (including phenoxy) is 2. The van der Waals surface area contributed by atoms with Crippen molar-refractivity contribution in [2.45, 2.75) is 70.7 Å². The highest BCUT2D eigenvalue weighted by Crippen LogP contribution is 2.34. The van der Waals surface area contributed by atoms with Gasteiger partial charge in [0.15, 0.2) is 5.69 Å². The predicted molar refractivity (Wildman–Crippen MR) is 143 cm³/mol. The summed E-state index contributed by atoms with van der Waals surface area (Å²) in [6.07, 6.45) is 3.78. The van der Waals surface area contributed by atoms with Gasteiger partial charge in [0, 0.05) is 24.6 Å². The lowest BCUT2D eigenvalue weighted by Crippen LogP contribution is -2.29. The third kappa shape index (κ3) is 6.47. The van der Waals surface area contributed by atoms with E-state index in [0.717, 1.165) is 12.0 Å². The predicted octanol–water partition coefficient (Wildman–Crippen LogP) is 4.14. The lowest BCUT2D eigenvalue weighted by atomic mass is 10.0. The van der Waals surface area contributed by atoms with Gasteiger partial charge in [0.25, 0.3) is 5.91 Å². The summed E-state index contributed by atoms with van der Waals surface area (Å²) >= 11 is 0. The molecule has 9 heteroatoms. The lowest BCUT2D eigenvalue weighted by Gasteiger charge is -2.23. The highest BCUT2D eigenvalue weighted by Gasteiger charge is 2.30. The molecule has 37 heavy (non-hydrogen) atoms. The Labute approximate surface area is 217 Å². The molecule has 0 saturated carbocycles. The zero-order valence-electron chi connectivity index (χ0n) is 21.9. The quantitative estimate of drug-likeness (QED) is 0.353. The molecule has 2 aromatic heterocycles. The standard InChI is InChI=1S/C28H36N4O5/c1-18(16-28(2,3)35)30-20-15-21-23(31-26(33)22-11-8-14-37-22)24(27(34)36-4)32(25(21)29-17-20)13-12-19-9-6-5-7-10-19/h5-7,9-10,15,17-18,22,30,35H,8,11-14,16H2,1-4H3,(H,31,33)/t18-,22+/m1/s1. The summed E-state index contributed by atoms with van der Waals surface area (Å²) < 4.78 is 12.5. The molecule has 0 spiro atoms. The van der Waals surface area contributed by atoms with Crippen LogP contribution in [0.1, 0.15) is 56.1 Å². The fraction of sp³-hybridized carbons (Fsp3) is 0.464. The van der Waals surface area contributed by atoms with Crippen molar-refractivity contribution in [3.05, 3.63) is 53.9 Å². The van der Waals surface area contributed by atoms with E-state index in [1.807, 2.05) is 47.9 Å². The number of rotatable bonds is 10. The van der Waals surface area contributed by atoms with Crippen molar-refractivity contribution in [1.82, 2.24) is 9.55 Å². The molecule has 3 aromatic rings. The van der Waals surface area contributed by atoms with E-state index in [9.17, 15) is 14.7 Å². The Hall–Kier alpha value is -3.43. The van der Waals surface area contributed by atoms with Crippen molar-refractivity contribution >= 4 is 34.3 Å². The first-order valence-electron chi connectivity index (χ1n) is 12.7. The van der Waals surface area contributed by atoms with Crippen LogP contribution in [0.4, 0.5) is 11.4 Å². The van der Waals surface area contributed by atoms with Crippen molar-refractivity contribution in [1.29, 1.82) is 0 Å². The van der Waals surface area contributed by atoms with Gasteiger partial charge in [-0.05, 0) is 58.1 Å². The van der Waals surface area contributed by atoms with Gasteiger partial charge in [0.1, 0.15) is 11.8 Å². The molecule has 3 heterocycles. The topological polar surface area (TPSA) is 115 Å². The molecule has 0 bridgehead atoms. The minimum absolute atomic E-state index is 0.0376. The summed E-state index contributed by atoms with van der Waals surface area (Å²) in [7, 11) is 1.33. The average molecular weight is 509 g/mol. The van der Waals surface area contributed by atoms with E-state index in [1.165, 1.54) is 7.11 Å². The molecular weight excluding hydrogens is 472 g/mol. The number of carbonyl (C=O) groups is 2. The van der Waals surface area contributed by atoms with Crippen LogP contribution in [0, 0.1) is 0 Å². The Morgan fingerprint density at radius 3 is 2.70 bits per heavy atom. The normalized spacial score (nSPS) is 16.5. The van der Waals surface area contributed by atoms with Crippen LogP contribution in [-0.4, -0.2) is 58.0 Å². The van der Waals surface area contributed by atoms with Gasteiger partial charge in [-0.25, -0.2) is 9.78 Å². The van der Waals surface area contributed by atoms with Crippen LogP contribution in [0.5, 0.6) is 0 Å². The van der Waals surface area contributed by atoms with Crippen molar-refractivity contribution in [2.75, 3.05) is 24.4 Å². The minimum Gasteiger partial charge on any atom is -0.464 e. The Bertz CT molecular complexity index is 1240. The van der Waals surface area contributed by atoms with Crippen molar-refractivity contribution in [3.8, 4) is 0 Å². The molecule has 4 rings (SSSR count).